The van der Waals surface area contributed by atoms with Gasteiger partial charge in [0.1, 0.15) is 10.6 Å². The van der Waals surface area contributed by atoms with E-state index in [0.29, 0.717) is 22.6 Å². The molecule has 0 aromatic carbocycles. The van der Waals surface area contributed by atoms with Gasteiger partial charge in [-0.05, 0) is 31.0 Å². The number of anilines is 1. The molecule has 0 saturated heterocycles. The predicted molar refractivity (Wildman–Crippen MR) is 109 cm³/mol. The van der Waals surface area contributed by atoms with Crippen LogP contribution in [0.15, 0.2) is 47.9 Å². The average Bonchev–Trinajstić information content (AvgIpc) is 3.35. The van der Waals surface area contributed by atoms with E-state index in [0.717, 1.165) is 18.5 Å². The highest BCUT2D eigenvalue weighted by molar-refractivity contribution is 7.92. The second kappa shape index (κ2) is 6.80. The van der Waals surface area contributed by atoms with Gasteiger partial charge in [-0.2, -0.15) is 10.2 Å². The first kappa shape index (κ1) is 18.6. The summed E-state index contributed by atoms with van der Waals surface area (Å²) in [5, 5.41) is 9.37. The number of ether oxygens (including phenoxy) is 1. The minimum Gasteiger partial charge on any atom is -0.479 e. The molecule has 1 aliphatic rings. The zero-order valence-electron chi connectivity index (χ0n) is 16.3. The molecule has 1 saturated carbocycles. The third kappa shape index (κ3) is 3.16. The molecule has 1 fully saturated rings. The van der Waals surface area contributed by atoms with Crippen LogP contribution >= 0.6 is 0 Å². The summed E-state index contributed by atoms with van der Waals surface area (Å²) in [4.78, 5) is 8.46. The number of rotatable bonds is 6. The Kier molecular flexibility index (Phi) is 4.21. The number of aryl methyl sites for hydroxylation is 1. The second-order valence-electron chi connectivity index (χ2n) is 7.13. The highest BCUT2D eigenvalue weighted by Gasteiger charge is 2.26. The van der Waals surface area contributed by atoms with Crippen molar-refractivity contribution in [2.24, 2.45) is 7.05 Å². The molecule has 0 radical (unpaired) electrons. The molecule has 4 heterocycles. The summed E-state index contributed by atoms with van der Waals surface area (Å²) in [6.07, 6.45) is 8.65. The molecule has 1 N–H and O–H groups in total. The molecule has 154 valence electrons. The third-order valence-corrected chi connectivity index (χ3v) is 6.37. The molecular formula is C19H19N7O3S. The van der Waals surface area contributed by atoms with Crippen LogP contribution in [0.4, 0.5) is 5.69 Å². The van der Waals surface area contributed by atoms with Crippen molar-refractivity contribution in [3.63, 3.8) is 0 Å². The minimum absolute atomic E-state index is 0.0158. The molecule has 0 amide bonds. The molecule has 11 heteroatoms. The SMILES string of the molecule is COc1ncc2cnn(C)c2c1NS(=O)(=O)c1ccc(-n2ccc(C3CC3)n2)nc1. The van der Waals surface area contributed by atoms with Crippen LogP contribution in [0.2, 0.25) is 0 Å². The fourth-order valence-corrected chi connectivity index (χ4v) is 4.33. The van der Waals surface area contributed by atoms with Gasteiger partial charge in [0.2, 0.25) is 5.88 Å². The molecule has 0 aliphatic heterocycles. The van der Waals surface area contributed by atoms with Gasteiger partial charge in [-0.3, -0.25) is 9.40 Å². The lowest BCUT2D eigenvalue weighted by atomic mass is 10.3. The van der Waals surface area contributed by atoms with Crippen molar-refractivity contribution in [3.05, 3.63) is 48.7 Å². The number of pyridine rings is 2. The second-order valence-corrected chi connectivity index (χ2v) is 8.81. The zero-order chi connectivity index (χ0) is 20.9. The lowest BCUT2D eigenvalue weighted by Gasteiger charge is -2.13. The van der Waals surface area contributed by atoms with Gasteiger partial charge in [-0.1, -0.05) is 0 Å². The van der Waals surface area contributed by atoms with Gasteiger partial charge in [0.05, 0.1) is 24.5 Å². The van der Waals surface area contributed by atoms with E-state index >= 15 is 0 Å². The molecule has 0 bridgehead atoms. The van der Waals surface area contributed by atoms with E-state index < -0.39 is 10.0 Å². The van der Waals surface area contributed by atoms with Crippen LogP contribution in [0.3, 0.4) is 0 Å². The first-order chi connectivity index (χ1) is 14.5. The van der Waals surface area contributed by atoms with Crippen LogP contribution in [0.1, 0.15) is 24.5 Å². The summed E-state index contributed by atoms with van der Waals surface area (Å²) in [7, 11) is -0.785. The number of nitrogens with one attached hydrogen (secondary N) is 1. The van der Waals surface area contributed by atoms with E-state index in [1.807, 2.05) is 12.3 Å². The normalized spacial score (nSPS) is 14.2. The van der Waals surface area contributed by atoms with Crippen LogP contribution in [0.25, 0.3) is 16.7 Å². The standard InChI is InChI=1S/C19H19N7O3S/c1-25-18-13(10-22-25)9-21-19(29-2)17(18)24-30(27,28)14-5-6-16(20-11-14)26-8-7-15(23-26)12-3-4-12/h5-12,24H,3-4H2,1-2H3. The van der Waals surface area contributed by atoms with Gasteiger partial charge in [0, 0.05) is 36.9 Å². The molecule has 10 nitrogen and oxygen atoms in total. The Morgan fingerprint density at radius 3 is 2.67 bits per heavy atom. The highest BCUT2D eigenvalue weighted by atomic mass is 32.2. The summed E-state index contributed by atoms with van der Waals surface area (Å²) in [5.74, 6) is 1.24. The Morgan fingerprint density at radius 1 is 1.13 bits per heavy atom. The maximum absolute atomic E-state index is 13.0. The first-order valence-corrected chi connectivity index (χ1v) is 10.8. The molecule has 5 rings (SSSR count). The summed E-state index contributed by atoms with van der Waals surface area (Å²) < 4.78 is 37.1. The highest BCUT2D eigenvalue weighted by Crippen LogP contribution is 2.39. The Bertz CT molecular complexity index is 1340. The van der Waals surface area contributed by atoms with E-state index in [1.54, 1.807) is 34.9 Å². The van der Waals surface area contributed by atoms with Gasteiger partial charge >= 0.3 is 0 Å². The van der Waals surface area contributed by atoms with Crippen molar-refractivity contribution in [2.75, 3.05) is 11.8 Å². The summed E-state index contributed by atoms with van der Waals surface area (Å²) in [6.45, 7) is 0. The largest absolute Gasteiger partial charge is 0.479 e. The smallest absolute Gasteiger partial charge is 0.263 e. The molecule has 0 spiro atoms. The van der Waals surface area contributed by atoms with E-state index in [4.69, 9.17) is 4.74 Å². The van der Waals surface area contributed by atoms with Crippen molar-refractivity contribution in [1.82, 2.24) is 29.5 Å². The summed E-state index contributed by atoms with van der Waals surface area (Å²) in [5.41, 5.74) is 1.83. The lowest BCUT2D eigenvalue weighted by molar-refractivity contribution is 0.400. The van der Waals surface area contributed by atoms with Gasteiger partial charge in [0.15, 0.2) is 5.82 Å². The zero-order valence-corrected chi connectivity index (χ0v) is 17.2. The Balaban J connectivity index is 1.47. The maximum atomic E-state index is 13.0. The maximum Gasteiger partial charge on any atom is 0.263 e. The van der Waals surface area contributed by atoms with Crippen molar-refractivity contribution in [1.29, 1.82) is 0 Å². The van der Waals surface area contributed by atoms with Crippen LogP contribution in [-0.2, 0) is 17.1 Å². The minimum atomic E-state index is -3.93. The first-order valence-electron chi connectivity index (χ1n) is 9.36. The number of fused-ring (bicyclic) bond motifs is 1. The van der Waals surface area contributed by atoms with E-state index in [-0.39, 0.29) is 16.5 Å². The Morgan fingerprint density at radius 2 is 1.97 bits per heavy atom. The number of hydrogen-bond acceptors (Lipinski definition) is 7. The fraction of sp³-hybridized carbons (Fsp3) is 0.263. The topological polar surface area (TPSA) is 117 Å². The lowest BCUT2D eigenvalue weighted by Crippen LogP contribution is -2.15. The van der Waals surface area contributed by atoms with Crippen LogP contribution < -0.4 is 9.46 Å². The van der Waals surface area contributed by atoms with Gasteiger partial charge in [0.25, 0.3) is 10.0 Å². The van der Waals surface area contributed by atoms with Crippen LogP contribution in [0, 0.1) is 0 Å². The number of nitrogens with zero attached hydrogens (tertiary/aromatic N) is 6. The third-order valence-electron chi connectivity index (χ3n) is 5.04. The number of hydrogen-bond donors (Lipinski definition) is 1. The van der Waals surface area contributed by atoms with E-state index in [1.165, 1.54) is 19.4 Å². The number of sulfonamides is 1. The summed E-state index contributed by atoms with van der Waals surface area (Å²) >= 11 is 0. The monoisotopic (exact) mass is 425 g/mol. The van der Waals surface area contributed by atoms with Crippen molar-refractivity contribution < 1.29 is 13.2 Å². The fourth-order valence-electron chi connectivity index (χ4n) is 3.32. The van der Waals surface area contributed by atoms with E-state index in [2.05, 4.69) is 24.9 Å². The van der Waals surface area contributed by atoms with E-state index in [9.17, 15) is 8.42 Å². The van der Waals surface area contributed by atoms with Crippen molar-refractivity contribution in [3.8, 4) is 11.7 Å². The van der Waals surface area contributed by atoms with Gasteiger partial charge < -0.3 is 4.74 Å². The van der Waals surface area contributed by atoms with Crippen molar-refractivity contribution in [2.45, 2.75) is 23.7 Å². The number of aromatic nitrogens is 6. The molecular weight excluding hydrogens is 406 g/mol. The van der Waals surface area contributed by atoms with Gasteiger partial charge in [-0.15, -0.1) is 0 Å². The predicted octanol–water partition coefficient (Wildman–Crippen LogP) is 2.24. The molecule has 4 aromatic heterocycles. The summed E-state index contributed by atoms with van der Waals surface area (Å²) in [6, 6.07) is 5.09. The molecule has 30 heavy (non-hydrogen) atoms. The molecule has 0 atom stereocenters. The van der Waals surface area contributed by atoms with Crippen LogP contribution in [0.5, 0.6) is 5.88 Å². The van der Waals surface area contributed by atoms with Crippen LogP contribution in [-0.4, -0.2) is 45.1 Å². The Hall–Kier alpha value is -3.47. The quantitative estimate of drug-likeness (QED) is 0.503. The average molecular weight is 425 g/mol. The van der Waals surface area contributed by atoms with Gasteiger partial charge in [-0.25, -0.2) is 23.1 Å². The van der Waals surface area contributed by atoms with Crippen molar-refractivity contribution >= 4 is 26.6 Å². The number of methoxy groups -OCH3 is 1. The Labute approximate surface area is 172 Å². The molecule has 0 unspecified atom stereocenters. The molecule has 4 aromatic rings. The molecule has 1 aliphatic carbocycles.